The maximum Gasteiger partial charge on any atom is 0.217 e. The first-order valence-electron chi connectivity index (χ1n) is 4.53. The van der Waals surface area contributed by atoms with Gasteiger partial charge in [0, 0.05) is 18.2 Å². The highest BCUT2D eigenvalue weighted by atomic mass is 16.5. The van der Waals surface area contributed by atoms with Gasteiger partial charge in [-0.25, -0.2) is 4.98 Å². The predicted molar refractivity (Wildman–Crippen MR) is 55.6 cm³/mol. The van der Waals surface area contributed by atoms with Gasteiger partial charge in [-0.2, -0.15) is 0 Å². The molecule has 0 spiro atoms. The summed E-state index contributed by atoms with van der Waals surface area (Å²) < 4.78 is 5.48. The van der Waals surface area contributed by atoms with E-state index >= 15 is 0 Å². The molecule has 1 aromatic rings. The maximum absolute atomic E-state index is 7.21. The molecular weight excluding hydrogens is 178 g/mol. The summed E-state index contributed by atoms with van der Waals surface area (Å²) in [5, 5.41) is 7.21. The van der Waals surface area contributed by atoms with Gasteiger partial charge >= 0.3 is 0 Å². The van der Waals surface area contributed by atoms with Gasteiger partial charge < -0.3 is 10.5 Å². The highest BCUT2D eigenvalue weighted by Gasteiger charge is 2.06. The zero-order chi connectivity index (χ0) is 10.6. The number of aromatic nitrogens is 1. The van der Waals surface area contributed by atoms with Crippen molar-refractivity contribution in [2.24, 2.45) is 5.73 Å². The molecule has 0 radical (unpaired) electrons. The smallest absolute Gasteiger partial charge is 0.217 e. The van der Waals surface area contributed by atoms with E-state index in [0.29, 0.717) is 12.3 Å². The first kappa shape index (κ1) is 10.5. The third kappa shape index (κ3) is 3.05. The molecule has 1 aromatic heterocycles. The molecule has 0 saturated heterocycles. The van der Waals surface area contributed by atoms with E-state index in [4.69, 9.17) is 15.9 Å². The van der Waals surface area contributed by atoms with Gasteiger partial charge in [-0.3, -0.25) is 5.41 Å². The number of amidine groups is 1. The third-order valence-electron chi connectivity index (χ3n) is 1.58. The summed E-state index contributed by atoms with van der Waals surface area (Å²) in [6, 6.07) is 3.68. The number of hydrogen-bond acceptors (Lipinski definition) is 3. The summed E-state index contributed by atoms with van der Waals surface area (Å²) in [4.78, 5) is 4.10. The standard InChI is InChI=1S/C10H15N3O/c1-7(2)14-10-8(6-9(11)12)4-3-5-13-10/h3-5,7H,6H2,1-2H3,(H3,11,12). The zero-order valence-electron chi connectivity index (χ0n) is 8.45. The second-order valence-electron chi connectivity index (χ2n) is 3.34. The molecule has 4 nitrogen and oxygen atoms in total. The van der Waals surface area contributed by atoms with Crippen LogP contribution in [-0.2, 0) is 6.42 Å². The molecule has 0 aliphatic heterocycles. The van der Waals surface area contributed by atoms with E-state index in [-0.39, 0.29) is 11.9 Å². The minimum atomic E-state index is 0.0793. The quantitative estimate of drug-likeness (QED) is 0.560. The molecule has 0 atom stereocenters. The van der Waals surface area contributed by atoms with Crippen molar-refractivity contribution in [3.63, 3.8) is 0 Å². The summed E-state index contributed by atoms with van der Waals surface area (Å²) in [5.74, 6) is 0.685. The molecule has 1 rings (SSSR count). The van der Waals surface area contributed by atoms with Crippen molar-refractivity contribution in [3.05, 3.63) is 23.9 Å². The lowest BCUT2D eigenvalue weighted by Crippen LogP contribution is -2.15. The molecule has 0 aliphatic rings. The van der Waals surface area contributed by atoms with Crippen molar-refractivity contribution in [2.45, 2.75) is 26.4 Å². The van der Waals surface area contributed by atoms with Gasteiger partial charge in [0.2, 0.25) is 5.88 Å². The highest BCUT2D eigenvalue weighted by molar-refractivity contribution is 5.79. The highest BCUT2D eigenvalue weighted by Crippen LogP contribution is 2.15. The molecule has 14 heavy (non-hydrogen) atoms. The molecule has 3 N–H and O–H groups in total. The molecule has 1 heterocycles. The van der Waals surface area contributed by atoms with Gasteiger partial charge in [-0.05, 0) is 19.9 Å². The van der Waals surface area contributed by atoms with Crippen molar-refractivity contribution >= 4 is 5.84 Å². The number of hydrogen-bond donors (Lipinski definition) is 2. The number of nitrogens with zero attached hydrogens (tertiary/aromatic N) is 1. The lowest BCUT2D eigenvalue weighted by atomic mass is 10.2. The van der Waals surface area contributed by atoms with E-state index in [1.54, 1.807) is 6.20 Å². The van der Waals surface area contributed by atoms with Crippen LogP contribution in [0.4, 0.5) is 0 Å². The summed E-state index contributed by atoms with van der Waals surface area (Å²) >= 11 is 0. The van der Waals surface area contributed by atoms with Crippen LogP contribution in [0.5, 0.6) is 5.88 Å². The van der Waals surface area contributed by atoms with Crippen LogP contribution in [0.1, 0.15) is 19.4 Å². The van der Waals surface area contributed by atoms with Gasteiger partial charge in [0.15, 0.2) is 0 Å². The largest absolute Gasteiger partial charge is 0.475 e. The fraction of sp³-hybridized carbons (Fsp3) is 0.400. The van der Waals surface area contributed by atoms with Crippen LogP contribution in [0.25, 0.3) is 0 Å². The van der Waals surface area contributed by atoms with Crippen molar-refractivity contribution in [2.75, 3.05) is 0 Å². The van der Waals surface area contributed by atoms with Crippen molar-refractivity contribution in [1.29, 1.82) is 5.41 Å². The van der Waals surface area contributed by atoms with Crippen molar-refractivity contribution < 1.29 is 4.74 Å². The van der Waals surface area contributed by atoms with E-state index in [0.717, 1.165) is 5.56 Å². The van der Waals surface area contributed by atoms with E-state index < -0.39 is 0 Å². The second kappa shape index (κ2) is 4.60. The Kier molecular flexibility index (Phi) is 3.45. The Hall–Kier alpha value is -1.58. The van der Waals surface area contributed by atoms with Crippen LogP contribution in [0.2, 0.25) is 0 Å². The van der Waals surface area contributed by atoms with E-state index in [1.807, 2.05) is 26.0 Å². The number of pyridine rings is 1. The number of rotatable bonds is 4. The van der Waals surface area contributed by atoms with Crippen LogP contribution < -0.4 is 10.5 Å². The van der Waals surface area contributed by atoms with Gasteiger partial charge in [0.1, 0.15) is 0 Å². The Morgan fingerprint density at radius 2 is 2.36 bits per heavy atom. The monoisotopic (exact) mass is 193 g/mol. The first-order chi connectivity index (χ1) is 6.59. The molecule has 0 unspecified atom stereocenters. The molecule has 76 valence electrons. The summed E-state index contributed by atoms with van der Waals surface area (Å²) in [6.45, 7) is 3.87. The van der Waals surface area contributed by atoms with Crippen LogP contribution in [0.15, 0.2) is 18.3 Å². The number of nitrogens with one attached hydrogen (secondary N) is 1. The fourth-order valence-corrected chi connectivity index (χ4v) is 1.09. The zero-order valence-corrected chi connectivity index (χ0v) is 8.45. The molecule has 4 heteroatoms. The first-order valence-corrected chi connectivity index (χ1v) is 4.53. The predicted octanol–water partition coefficient (Wildman–Crippen LogP) is 1.35. The maximum atomic E-state index is 7.21. The van der Waals surface area contributed by atoms with Gasteiger partial charge in [0.25, 0.3) is 0 Å². The lowest BCUT2D eigenvalue weighted by molar-refractivity contribution is 0.230. The van der Waals surface area contributed by atoms with Gasteiger partial charge in [-0.15, -0.1) is 0 Å². The Balaban J connectivity index is 2.85. The number of nitrogens with two attached hydrogens (primary N) is 1. The number of ether oxygens (including phenoxy) is 1. The Labute approximate surface area is 83.6 Å². The average molecular weight is 193 g/mol. The van der Waals surface area contributed by atoms with Gasteiger partial charge in [0.05, 0.1) is 11.9 Å². The van der Waals surface area contributed by atoms with E-state index in [9.17, 15) is 0 Å². The summed E-state index contributed by atoms with van der Waals surface area (Å²) in [7, 11) is 0. The molecule has 0 saturated carbocycles. The molecule has 0 aromatic carbocycles. The van der Waals surface area contributed by atoms with Crippen LogP contribution in [-0.4, -0.2) is 16.9 Å². The van der Waals surface area contributed by atoms with Crippen LogP contribution in [0.3, 0.4) is 0 Å². The fourth-order valence-electron chi connectivity index (χ4n) is 1.09. The molecule has 0 aliphatic carbocycles. The summed E-state index contributed by atoms with van der Waals surface area (Å²) in [5.41, 5.74) is 6.18. The average Bonchev–Trinajstić information content (AvgIpc) is 2.06. The Morgan fingerprint density at radius 3 is 2.93 bits per heavy atom. The summed E-state index contributed by atoms with van der Waals surface area (Å²) in [6.07, 6.45) is 2.13. The molecule has 0 fully saturated rings. The Morgan fingerprint density at radius 1 is 1.64 bits per heavy atom. The lowest BCUT2D eigenvalue weighted by Gasteiger charge is -2.11. The third-order valence-corrected chi connectivity index (χ3v) is 1.58. The van der Waals surface area contributed by atoms with Gasteiger partial charge in [-0.1, -0.05) is 6.07 Å². The van der Waals surface area contributed by atoms with E-state index in [1.165, 1.54) is 0 Å². The second-order valence-corrected chi connectivity index (χ2v) is 3.34. The SMILES string of the molecule is CC(C)Oc1ncccc1CC(=N)N. The minimum absolute atomic E-state index is 0.0793. The molecule has 0 amide bonds. The van der Waals surface area contributed by atoms with Crippen LogP contribution >= 0.6 is 0 Å². The topological polar surface area (TPSA) is 72.0 Å². The molecular formula is C10H15N3O. The molecule has 0 bridgehead atoms. The van der Waals surface area contributed by atoms with Crippen LogP contribution in [0, 0.1) is 5.41 Å². The minimum Gasteiger partial charge on any atom is -0.475 e. The van der Waals surface area contributed by atoms with E-state index in [2.05, 4.69) is 4.98 Å². The normalized spacial score (nSPS) is 10.2. The Bertz CT molecular complexity index is 323. The van der Waals surface area contributed by atoms with Crippen molar-refractivity contribution in [1.82, 2.24) is 4.98 Å². The van der Waals surface area contributed by atoms with Crippen molar-refractivity contribution in [3.8, 4) is 5.88 Å².